The summed E-state index contributed by atoms with van der Waals surface area (Å²) in [4.78, 5) is -2.45. The van der Waals surface area contributed by atoms with Crippen LogP contribution >= 0.6 is 81.2 Å². The molecule has 0 amide bonds. The zero-order valence-corrected chi connectivity index (χ0v) is 15.3. The summed E-state index contributed by atoms with van der Waals surface area (Å²) in [6.45, 7) is 4.00. The summed E-state index contributed by atoms with van der Waals surface area (Å²) in [5.74, 6) is -0.470. The molecule has 5 atom stereocenters. The largest absolute Gasteiger partial charge is 0.167 e. The molecule has 0 N–H and O–H groups in total. The molecule has 0 aromatic heterocycles. The highest BCUT2D eigenvalue weighted by molar-refractivity contribution is 6.66. The third-order valence-electron chi connectivity index (χ3n) is 3.90. The van der Waals surface area contributed by atoms with Crippen LogP contribution in [0.15, 0.2) is 22.2 Å². The second kappa shape index (κ2) is 5.01. The number of hydrogen-bond acceptors (Lipinski definition) is 0. The van der Waals surface area contributed by atoms with Gasteiger partial charge < -0.3 is 0 Å². The van der Waals surface area contributed by atoms with E-state index in [-0.39, 0.29) is 27.3 Å². The van der Waals surface area contributed by atoms with Crippen LogP contribution in [-0.4, -0.2) is 19.5 Å². The minimum absolute atomic E-state index is 0.205. The molecule has 0 nitrogen and oxygen atoms in total. The van der Waals surface area contributed by atoms with Crippen LogP contribution < -0.4 is 0 Å². The Morgan fingerprint density at radius 2 is 1.37 bits per heavy atom. The van der Waals surface area contributed by atoms with Crippen molar-refractivity contribution < 1.29 is 0 Å². The molecule has 0 radical (unpaired) electrons. The minimum atomic E-state index is -1.48. The van der Waals surface area contributed by atoms with Crippen molar-refractivity contribution in [1.82, 2.24) is 0 Å². The van der Waals surface area contributed by atoms with E-state index in [1.54, 1.807) is 0 Å². The van der Waals surface area contributed by atoms with E-state index in [0.29, 0.717) is 0 Å². The van der Waals surface area contributed by atoms with Crippen LogP contribution in [-0.2, 0) is 0 Å². The first-order valence-electron chi connectivity index (χ1n) is 5.85. The second-order valence-electron chi connectivity index (χ2n) is 4.51. The van der Waals surface area contributed by atoms with Crippen molar-refractivity contribution in [2.75, 3.05) is 0 Å². The molecule has 0 aromatic rings. The predicted octanol–water partition coefficient (Wildman–Crippen LogP) is 6.27. The molecule has 0 spiro atoms. The predicted molar refractivity (Wildman–Crippen MR) is 87.4 cm³/mol. The van der Waals surface area contributed by atoms with Gasteiger partial charge in [-0.25, -0.2) is 0 Å². The highest BCUT2D eigenvalue weighted by Gasteiger charge is 2.83. The molecule has 3 rings (SSSR count). The van der Waals surface area contributed by atoms with Gasteiger partial charge in [-0.3, -0.25) is 0 Å². The Labute approximate surface area is 147 Å². The van der Waals surface area contributed by atoms with Gasteiger partial charge in [0, 0.05) is 11.8 Å². The summed E-state index contributed by atoms with van der Waals surface area (Å²) < 4.78 is -1.48. The molecule has 3 aliphatic rings. The third kappa shape index (κ3) is 1.63. The van der Waals surface area contributed by atoms with E-state index >= 15 is 0 Å². The minimum Gasteiger partial charge on any atom is -0.118 e. The average Bonchev–Trinajstić information content (AvgIpc) is 2.86. The number of halogens is 7. The number of hydrogen-bond donors (Lipinski definition) is 0. The lowest BCUT2D eigenvalue weighted by molar-refractivity contribution is 0.420. The number of fused-ring (bicyclic) bond motifs is 5. The van der Waals surface area contributed by atoms with Gasteiger partial charge >= 0.3 is 0 Å². The maximum absolute atomic E-state index is 6.57. The van der Waals surface area contributed by atoms with Crippen LogP contribution in [0.4, 0.5) is 0 Å². The Hall–Kier alpha value is 1.51. The molecular formula is C12H11Cl7. The summed E-state index contributed by atoms with van der Waals surface area (Å²) in [6.07, 6.45) is 3.69. The number of alkyl halides is 5. The molecule has 1 saturated carbocycles. The smallest absolute Gasteiger partial charge is 0.118 e. The van der Waals surface area contributed by atoms with Crippen LogP contribution in [0.2, 0.25) is 0 Å². The van der Waals surface area contributed by atoms with Crippen molar-refractivity contribution >= 4 is 81.2 Å². The Bertz CT molecular complexity index is 469. The summed E-state index contributed by atoms with van der Waals surface area (Å²) >= 11 is 44.5. The molecular weight excluding hydrogens is 392 g/mol. The quantitative estimate of drug-likeness (QED) is 0.330. The van der Waals surface area contributed by atoms with E-state index in [1.165, 1.54) is 0 Å². The molecule has 0 heterocycles. The van der Waals surface area contributed by atoms with Crippen LogP contribution in [0.25, 0.3) is 0 Å². The van der Waals surface area contributed by atoms with Gasteiger partial charge in [-0.15, -0.1) is 34.8 Å². The zero-order chi connectivity index (χ0) is 14.8. The number of allylic oxidation sites excluding steroid dienone is 4. The van der Waals surface area contributed by atoms with E-state index in [0.717, 1.165) is 0 Å². The van der Waals surface area contributed by atoms with Crippen LogP contribution in [0.5, 0.6) is 0 Å². The Balaban J connectivity index is 0.000000637. The summed E-state index contributed by atoms with van der Waals surface area (Å²) in [5.41, 5.74) is 0. The first kappa shape index (κ1) is 16.9. The van der Waals surface area contributed by atoms with E-state index < -0.39 is 14.1 Å². The van der Waals surface area contributed by atoms with Crippen LogP contribution in [0, 0.1) is 11.8 Å². The van der Waals surface area contributed by atoms with Crippen LogP contribution in [0.1, 0.15) is 13.8 Å². The first-order chi connectivity index (χ1) is 8.70. The highest BCUT2D eigenvalue weighted by atomic mass is 35.5. The maximum Gasteiger partial charge on any atom is 0.167 e. The van der Waals surface area contributed by atoms with Crippen molar-refractivity contribution in [3.05, 3.63) is 22.2 Å². The summed E-state index contributed by atoms with van der Waals surface area (Å²) in [7, 11) is 0. The monoisotopic (exact) mass is 400 g/mol. The second-order valence-corrected chi connectivity index (χ2v) is 8.29. The van der Waals surface area contributed by atoms with Gasteiger partial charge in [-0.1, -0.05) is 72.4 Å². The molecule has 108 valence electrons. The van der Waals surface area contributed by atoms with Crippen molar-refractivity contribution in [2.24, 2.45) is 11.8 Å². The van der Waals surface area contributed by atoms with E-state index in [2.05, 4.69) is 0 Å². The SMILES string of the molecule is CC.ClC1=C(Cl)C2(Cl)C3C(Cl)C=CC3C1(Cl)C2(Cl)Cl. The van der Waals surface area contributed by atoms with Gasteiger partial charge in [0.15, 0.2) is 4.33 Å². The Kier molecular flexibility index (Phi) is 4.45. The standard InChI is InChI=1S/C10H5Cl7.C2H6/c11-4-2-1-3-5(4)9(15)7(13)6(12)8(3,14)10(9,16)17;1-2/h1-5H;1-2H3. The van der Waals surface area contributed by atoms with Crippen molar-refractivity contribution in [3.63, 3.8) is 0 Å². The third-order valence-corrected chi connectivity index (χ3v) is 8.61. The molecule has 5 unspecified atom stereocenters. The lowest BCUT2D eigenvalue weighted by Crippen LogP contribution is -2.45. The molecule has 0 saturated heterocycles. The first-order valence-corrected chi connectivity index (χ1v) is 8.55. The maximum atomic E-state index is 6.57. The van der Waals surface area contributed by atoms with E-state index in [4.69, 9.17) is 81.2 Å². The highest BCUT2D eigenvalue weighted by Crippen LogP contribution is 2.78. The summed E-state index contributed by atoms with van der Waals surface area (Å²) in [6, 6.07) is 0. The Morgan fingerprint density at radius 3 is 1.89 bits per heavy atom. The lowest BCUT2D eigenvalue weighted by atomic mass is 9.84. The molecule has 3 aliphatic carbocycles. The fourth-order valence-corrected chi connectivity index (χ4v) is 6.60. The fourth-order valence-electron chi connectivity index (χ4n) is 3.08. The Morgan fingerprint density at radius 1 is 0.895 bits per heavy atom. The molecule has 0 aromatic carbocycles. The topological polar surface area (TPSA) is 0 Å². The van der Waals surface area contributed by atoms with Crippen molar-refractivity contribution in [1.29, 1.82) is 0 Å². The van der Waals surface area contributed by atoms with Gasteiger partial charge in [0.1, 0.15) is 9.75 Å². The van der Waals surface area contributed by atoms with Crippen LogP contribution in [0.3, 0.4) is 0 Å². The van der Waals surface area contributed by atoms with Gasteiger partial charge in [-0.05, 0) is 0 Å². The normalized spacial score (nSPS) is 49.2. The molecule has 19 heavy (non-hydrogen) atoms. The van der Waals surface area contributed by atoms with E-state index in [9.17, 15) is 0 Å². The van der Waals surface area contributed by atoms with Gasteiger partial charge in [-0.2, -0.15) is 0 Å². The van der Waals surface area contributed by atoms with Crippen molar-refractivity contribution in [3.8, 4) is 0 Å². The lowest BCUT2D eigenvalue weighted by Gasteiger charge is -2.34. The van der Waals surface area contributed by atoms with Gasteiger partial charge in [0.2, 0.25) is 0 Å². The van der Waals surface area contributed by atoms with E-state index in [1.807, 2.05) is 26.0 Å². The van der Waals surface area contributed by atoms with Gasteiger partial charge in [0.25, 0.3) is 0 Å². The molecule has 0 aliphatic heterocycles. The van der Waals surface area contributed by atoms with Crippen molar-refractivity contribution in [2.45, 2.75) is 33.3 Å². The molecule has 1 fully saturated rings. The zero-order valence-electron chi connectivity index (χ0n) is 10.0. The van der Waals surface area contributed by atoms with Gasteiger partial charge in [0.05, 0.1) is 15.4 Å². The molecule has 2 bridgehead atoms. The number of rotatable bonds is 0. The fraction of sp³-hybridized carbons (Fsp3) is 0.667. The summed E-state index contributed by atoms with van der Waals surface area (Å²) in [5, 5.41) is 0.113. The molecule has 7 heteroatoms. The average molecular weight is 403 g/mol.